The molecule has 0 radical (unpaired) electrons. The Morgan fingerprint density at radius 3 is 2.45 bits per heavy atom. The third kappa shape index (κ3) is 3.60. The van der Waals surface area contributed by atoms with Gasteiger partial charge in [-0.05, 0) is 46.7 Å². The lowest BCUT2D eigenvalue weighted by molar-refractivity contribution is -0.120. The summed E-state index contributed by atoms with van der Waals surface area (Å²) in [4.78, 5) is 14.7. The van der Waals surface area contributed by atoms with Gasteiger partial charge in [-0.2, -0.15) is 5.10 Å². The number of rotatable bonds is 4. The molecule has 5 heteroatoms. The van der Waals surface area contributed by atoms with Gasteiger partial charge >= 0.3 is 0 Å². The van der Waals surface area contributed by atoms with Crippen molar-refractivity contribution in [3.63, 3.8) is 0 Å². The molecule has 0 spiro atoms. The summed E-state index contributed by atoms with van der Waals surface area (Å²) in [5.41, 5.74) is 0. The number of aromatic nitrogens is 2. The molecule has 1 N–H and O–H groups in total. The summed E-state index contributed by atoms with van der Waals surface area (Å²) in [6.45, 7) is 8.16. The molecule has 0 bridgehead atoms. The molecule has 1 fully saturated rings. The van der Waals surface area contributed by atoms with E-state index in [-0.39, 0.29) is 18.0 Å². The first kappa shape index (κ1) is 15.0. The maximum atomic E-state index is 12.4. The van der Waals surface area contributed by atoms with Gasteiger partial charge in [-0.25, -0.2) is 4.68 Å². The smallest absolute Gasteiger partial charge is 0.242 e. The van der Waals surface area contributed by atoms with Gasteiger partial charge in [0.1, 0.15) is 5.82 Å². The van der Waals surface area contributed by atoms with Crippen LogP contribution >= 0.6 is 0 Å². The van der Waals surface area contributed by atoms with Crippen molar-refractivity contribution in [3.05, 3.63) is 12.3 Å². The number of carbonyl (C=O) groups is 1. The van der Waals surface area contributed by atoms with Crippen molar-refractivity contribution in [1.82, 2.24) is 14.7 Å². The molecule has 1 aliphatic heterocycles. The first-order chi connectivity index (χ1) is 9.59. The van der Waals surface area contributed by atoms with E-state index in [0.717, 1.165) is 18.9 Å². The average Bonchev–Trinajstić information content (AvgIpc) is 2.72. The zero-order valence-electron chi connectivity index (χ0n) is 12.8. The van der Waals surface area contributed by atoms with Crippen LogP contribution in [0.1, 0.15) is 52.5 Å². The number of carbonyl (C=O) groups excluding carboxylic acids is 1. The van der Waals surface area contributed by atoms with E-state index < -0.39 is 0 Å². The van der Waals surface area contributed by atoms with Crippen molar-refractivity contribution in [2.75, 3.05) is 18.4 Å². The van der Waals surface area contributed by atoms with Gasteiger partial charge in [-0.15, -0.1) is 0 Å². The van der Waals surface area contributed by atoms with Gasteiger partial charge in [0.05, 0.1) is 12.2 Å². The minimum atomic E-state index is -0.0800. The lowest BCUT2D eigenvalue weighted by Gasteiger charge is -2.26. The summed E-state index contributed by atoms with van der Waals surface area (Å²) in [6, 6.07) is 2.02. The zero-order valence-corrected chi connectivity index (χ0v) is 12.8. The van der Waals surface area contributed by atoms with Crippen molar-refractivity contribution in [3.8, 4) is 0 Å². The van der Waals surface area contributed by atoms with E-state index in [1.54, 1.807) is 6.20 Å². The predicted octanol–water partition coefficient (Wildman–Crippen LogP) is 2.67. The topological polar surface area (TPSA) is 50.2 Å². The van der Waals surface area contributed by atoms with E-state index in [4.69, 9.17) is 0 Å². The molecule has 1 aliphatic rings. The fourth-order valence-corrected chi connectivity index (χ4v) is 2.70. The van der Waals surface area contributed by atoms with Gasteiger partial charge in [0.15, 0.2) is 0 Å². The van der Waals surface area contributed by atoms with Crippen LogP contribution in [0.25, 0.3) is 0 Å². The van der Waals surface area contributed by atoms with Crippen LogP contribution in [-0.2, 0) is 4.79 Å². The highest BCUT2D eigenvalue weighted by molar-refractivity contribution is 5.93. The monoisotopic (exact) mass is 278 g/mol. The Morgan fingerprint density at radius 1 is 1.20 bits per heavy atom. The molecule has 0 unspecified atom stereocenters. The van der Waals surface area contributed by atoms with Crippen LogP contribution < -0.4 is 5.32 Å². The number of hydrogen-bond donors (Lipinski definition) is 1. The fraction of sp³-hybridized carbons (Fsp3) is 0.733. The van der Waals surface area contributed by atoms with Gasteiger partial charge in [0.25, 0.3) is 0 Å². The number of anilines is 1. The second-order valence-corrected chi connectivity index (χ2v) is 5.87. The third-order valence-corrected chi connectivity index (χ3v) is 3.98. The Morgan fingerprint density at radius 2 is 1.85 bits per heavy atom. The highest BCUT2D eigenvalue weighted by atomic mass is 16.2. The highest BCUT2D eigenvalue weighted by Crippen LogP contribution is 2.16. The van der Waals surface area contributed by atoms with Crippen LogP contribution in [0.5, 0.6) is 0 Å². The number of hydrogen-bond acceptors (Lipinski definition) is 3. The zero-order chi connectivity index (χ0) is 14.5. The summed E-state index contributed by atoms with van der Waals surface area (Å²) in [5.74, 6) is 0.848. The van der Waals surface area contributed by atoms with E-state index in [1.165, 1.54) is 25.7 Å². The summed E-state index contributed by atoms with van der Waals surface area (Å²) in [5, 5.41) is 7.25. The SMILES string of the molecule is CC(C)n1nccc1NC(=O)[C@H](C)N1CCCCCC1. The largest absolute Gasteiger partial charge is 0.310 e. The Balaban J connectivity index is 1.98. The molecule has 1 aromatic rings. The molecule has 112 valence electrons. The number of likely N-dealkylation sites (tertiary alicyclic amines) is 1. The first-order valence-corrected chi connectivity index (χ1v) is 7.68. The minimum absolute atomic E-state index is 0.0642. The molecule has 0 saturated carbocycles. The Hall–Kier alpha value is -1.36. The second-order valence-electron chi connectivity index (χ2n) is 5.87. The van der Waals surface area contributed by atoms with Crippen molar-refractivity contribution < 1.29 is 4.79 Å². The first-order valence-electron chi connectivity index (χ1n) is 7.68. The second kappa shape index (κ2) is 6.88. The molecule has 20 heavy (non-hydrogen) atoms. The number of amides is 1. The molecule has 2 heterocycles. The predicted molar refractivity (Wildman–Crippen MR) is 80.7 cm³/mol. The molecule has 2 rings (SSSR count). The standard InChI is InChI=1S/C15H26N4O/c1-12(2)19-14(8-9-16-19)17-15(20)13(3)18-10-6-4-5-7-11-18/h8-9,12-13H,4-7,10-11H2,1-3H3,(H,17,20)/t13-/m0/s1. The van der Waals surface area contributed by atoms with E-state index >= 15 is 0 Å². The van der Waals surface area contributed by atoms with Crippen LogP contribution in [0.3, 0.4) is 0 Å². The molecular weight excluding hydrogens is 252 g/mol. The maximum Gasteiger partial charge on any atom is 0.242 e. The van der Waals surface area contributed by atoms with E-state index in [2.05, 4.69) is 29.2 Å². The van der Waals surface area contributed by atoms with Gasteiger partial charge in [0.2, 0.25) is 5.91 Å². The Labute approximate surface area is 121 Å². The van der Waals surface area contributed by atoms with Crippen LogP contribution in [-0.4, -0.2) is 39.7 Å². The van der Waals surface area contributed by atoms with E-state index in [1.807, 2.05) is 17.7 Å². The molecular formula is C15H26N4O. The van der Waals surface area contributed by atoms with Crippen LogP contribution in [0.2, 0.25) is 0 Å². The Kier molecular flexibility index (Phi) is 5.17. The van der Waals surface area contributed by atoms with E-state index in [0.29, 0.717) is 0 Å². The minimum Gasteiger partial charge on any atom is -0.310 e. The average molecular weight is 278 g/mol. The van der Waals surface area contributed by atoms with Gasteiger partial charge in [-0.3, -0.25) is 9.69 Å². The maximum absolute atomic E-state index is 12.4. The molecule has 0 aromatic carbocycles. The molecule has 0 aliphatic carbocycles. The van der Waals surface area contributed by atoms with E-state index in [9.17, 15) is 4.79 Å². The lowest BCUT2D eigenvalue weighted by atomic mass is 10.2. The molecule has 1 atom stereocenters. The van der Waals surface area contributed by atoms with Crippen molar-refractivity contribution >= 4 is 11.7 Å². The normalized spacial score (nSPS) is 18.8. The van der Waals surface area contributed by atoms with Crippen molar-refractivity contribution in [1.29, 1.82) is 0 Å². The van der Waals surface area contributed by atoms with Crippen molar-refractivity contribution in [2.45, 2.75) is 58.5 Å². The molecule has 1 amide bonds. The fourth-order valence-electron chi connectivity index (χ4n) is 2.70. The summed E-state index contributed by atoms with van der Waals surface area (Å²) < 4.78 is 1.84. The van der Waals surface area contributed by atoms with Gasteiger partial charge in [0, 0.05) is 12.1 Å². The highest BCUT2D eigenvalue weighted by Gasteiger charge is 2.23. The summed E-state index contributed by atoms with van der Waals surface area (Å²) in [7, 11) is 0. The third-order valence-electron chi connectivity index (χ3n) is 3.98. The molecule has 5 nitrogen and oxygen atoms in total. The van der Waals surface area contributed by atoms with Gasteiger partial charge < -0.3 is 5.32 Å². The van der Waals surface area contributed by atoms with Crippen LogP contribution in [0.4, 0.5) is 5.82 Å². The van der Waals surface area contributed by atoms with Crippen LogP contribution in [0, 0.1) is 0 Å². The summed E-state index contributed by atoms with van der Waals surface area (Å²) >= 11 is 0. The number of nitrogens with one attached hydrogen (secondary N) is 1. The number of nitrogens with zero attached hydrogens (tertiary/aromatic N) is 3. The summed E-state index contributed by atoms with van der Waals surface area (Å²) in [6.07, 6.45) is 6.69. The van der Waals surface area contributed by atoms with Crippen molar-refractivity contribution in [2.24, 2.45) is 0 Å². The lowest BCUT2D eigenvalue weighted by Crippen LogP contribution is -2.42. The molecule has 1 aromatic heterocycles. The van der Waals surface area contributed by atoms with Gasteiger partial charge in [-0.1, -0.05) is 12.8 Å². The quantitative estimate of drug-likeness (QED) is 0.921. The van der Waals surface area contributed by atoms with Crippen LogP contribution in [0.15, 0.2) is 12.3 Å². The Bertz CT molecular complexity index is 433. The molecule has 1 saturated heterocycles.